The van der Waals surface area contributed by atoms with Crippen LogP contribution in [-0.2, 0) is 4.79 Å². The minimum Gasteiger partial charge on any atom is -0.484 e. The molecule has 0 saturated carbocycles. The number of nitrogens with one attached hydrogen (secondary N) is 1. The van der Waals surface area contributed by atoms with Gasteiger partial charge in [-0.25, -0.2) is 0 Å². The summed E-state index contributed by atoms with van der Waals surface area (Å²) in [6.45, 7) is 5.62. The molecule has 2 aromatic rings. The Morgan fingerprint density at radius 3 is 2.50 bits per heavy atom. The Hall–Kier alpha value is -2.40. The van der Waals surface area contributed by atoms with Crippen molar-refractivity contribution in [2.75, 3.05) is 35.6 Å². The fraction of sp³-hybridized carbons (Fsp3) is 0.278. The van der Waals surface area contributed by atoms with Crippen LogP contribution in [0.1, 0.15) is 13.8 Å². The van der Waals surface area contributed by atoms with Crippen LogP contribution in [0.2, 0.25) is 5.02 Å². The van der Waals surface area contributed by atoms with Crippen LogP contribution in [0.3, 0.4) is 0 Å². The van der Waals surface area contributed by atoms with Crippen LogP contribution in [0.15, 0.2) is 42.5 Å². The molecule has 0 aromatic heterocycles. The summed E-state index contributed by atoms with van der Waals surface area (Å²) in [7, 11) is 0. The van der Waals surface area contributed by atoms with Crippen LogP contribution in [0.25, 0.3) is 0 Å². The predicted molar refractivity (Wildman–Crippen MR) is 100.0 cm³/mol. The summed E-state index contributed by atoms with van der Waals surface area (Å²) in [4.78, 5) is 14.2. The van der Waals surface area contributed by atoms with E-state index in [1.165, 1.54) is 0 Å². The summed E-state index contributed by atoms with van der Waals surface area (Å²) in [5.41, 5.74) is 8.00. The molecule has 1 amide bonds. The molecule has 6 heteroatoms. The number of carbonyl (C=O) groups excluding carboxylic acids is 1. The van der Waals surface area contributed by atoms with Crippen LogP contribution < -0.4 is 20.7 Å². The lowest BCUT2D eigenvalue weighted by molar-refractivity contribution is -0.118. The van der Waals surface area contributed by atoms with Gasteiger partial charge in [-0.3, -0.25) is 4.79 Å². The van der Waals surface area contributed by atoms with Crippen LogP contribution >= 0.6 is 11.6 Å². The highest BCUT2D eigenvalue weighted by molar-refractivity contribution is 6.34. The molecule has 0 atom stereocenters. The number of nitrogen functional groups attached to an aromatic ring is 1. The van der Waals surface area contributed by atoms with E-state index in [4.69, 9.17) is 22.1 Å². The summed E-state index contributed by atoms with van der Waals surface area (Å²) < 4.78 is 5.43. The van der Waals surface area contributed by atoms with Crippen molar-refractivity contribution in [1.82, 2.24) is 0 Å². The van der Waals surface area contributed by atoms with Gasteiger partial charge < -0.3 is 20.7 Å². The molecule has 5 nitrogen and oxygen atoms in total. The summed E-state index contributed by atoms with van der Waals surface area (Å²) in [6.07, 6.45) is 0. The molecule has 0 heterocycles. The molecule has 0 fully saturated rings. The maximum Gasteiger partial charge on any atom is 0.262 e. The molecule has 24 heavy (non-hydrogen) atoms. The highest BCUT2D eigenvalue weighted by Crippen LogP contribution is 2.33. The monoisotopic (exact) mass is 347 g/mol. The summed E-state index contributed by atoms with van der Waals surface area (Å²) in [6, 6.07) is 12.6. The van der Waals surface area contributed by atoms with E-state index in [0.717, 1.165) is 18.8 Å². The van der Waals surface area contributed by atoms with E-state index in [1.54, 1.807) is 24.3 Å². The maximum atomic E-state index is 12.1. The Morgan fingerprint density at radius 1 is 1.21 bits per heavy atom. The number of anilines is 3. The van der Waals surface area contributed by atoms with Crippen LogP contribution in [0.4, 0.5) is 17.1 Å². The van der Waals surface area contributed by atoms with Crippen LogP contribution in [0.5, 0.6) is 5.75 Å². The molecule has 0 unspecified atom stereocenters. The van der Waals surface area contributed by atoms with E-state index < -0.39 is 0 Å². The fourth-order valence-electron chi connectivity index (χ4n) is 2.36. The second kappa shape index (κ2) is 8.45. The topological polar surface area (TPSA) is 67.6 Å². The first kappa shape index (κ1) is 17.9. The number of hydrogen-bond donors (Lipinski definition) is 2. The number of amides is 1. The van der Waals surface area contributed by atoms with Crippen LogP contribution in [-0.4, -0.2) is 25.6 Å². The standard InChI is InChI=1S/C18H22ClN3O2/c1-3-22(4-2)17-11-16(14(19)10-15(17)20)21-18(23)12-24-13-8-6-5-7-9-13/h5-11H,3-4,12,20H2,1-2H3,(H,21,23). The van der Waals surface area contributed by atoms with Gasteiger partial charge in [0.1, 0.15) is 5.75 Å². The molecule has 0 aliphatic heterocycles. The lowest BCUT2D eigenvalue weighted by Crippen LogP contribution is -2.24. The number of hydrogen-bond acceptors (Lipinski definition) is 4. The largest absolute Gasteiger partial charge is 0.484 e. The SMILES string of the molecule is CCN(CC)c1cc(NC(=O)COc2ccccc2)c(Cl)cc1N. The van der Waals surface area contributed by atoms with Gasteiger partial charge in [0, 0.05) is 13.1 Å². The average molecular weight is 348 g/mol. The third-order valence-electron chi connectivity index (χ3n) is 3.61. The fourth-order valence-corrected chi connectivity index (χ4v) is 2.58. The van der Waals surface area contributed by atoms with E-state index in [0.29, 0.717) is 22.1 Å². The lowest BCUT2D eigenvalue weighted by atomic mass is 10.2. The molecular weight excluding hydrogens is 326 g/mol. The number of ether oxygens (including phenoxy) is 1. The van der Waals surface area contributed by atoms with Gasteiger partial charge in [-0.1, -0.05) is 29.8 Å². The van der Waals surface area contributed by atoms with Gasteiger partial charge in [0.25, 0.3) is 5.91 Å². The van der Waals surface area contributed by atoms with Crippen molar-refractivity contribution in [3.05, 3.63) is 47.5 Å². The Balaban J connectivity index is 2.08. The Bertz CT molecular complexity index is 688. The van der Waals surface area contributed by atoms with Crippen molar-refractivity contribution in [2.45, 2.75) is 13.8 Å². The summed E-state index contributed by atoms with van der Waals surface area (Å²) in [5, 5.41) is 3.17. The minimum atomic E-state index is -0.281. The van der Waals surface area contributed by atoms with Gasteiger partial charge in [-0.2, -0.15) is 0 Å². The van der Waals surface area contributed by atoms with Gasteiger partial charge in [0.15, 0.2) is 6.61 Å². The Morgan fingerprint density at radius 2 is 1.88 bits per heavy atom. The minimum absolute atomic E-state index is 0.0919. The van der Waals surface area contributed by atoms with Gasteiger partial charge in [-0.05, 0) is 38.1 Å². The lowest BCUT2D eigenvalue weighted by Gasteiger charge is -2.24. The van der Waals surface area contributed by atoms with Crippen molar-refractivity contribution in [2.24, 2.45) is 0 Å². The molecule has 128 valence electrons. The summed E-state index contributed by atoms with van der Waals surface area (Å²) in [5.74, 6) is 0.357. The van der Waals surface area contributed by atoms with Crippen molar-refractivity contribution in [3.8, 4) is 5.75 Å². The van der Waals surface area contributed by atoms with Crippen molar-refractivity contribution in [1.29, 1.82) is 0 Å². The van der Waals surface area contributed by atoms with Crippen molar-refractivity contribution >= 4 is 34.6 Å². The molecule has 3 N–H and O–H groups in total. The number of rotatable bonds is 7. The quantitative estimate of drug-likeness (QED) is 0.748. The number of para-hydroxylation sites is 1. The van der Waals surface area contributed by atoms with Gasteiger partial charge in [-0.15, -0.1) is 0 Å². The molecule has 0 spiro atoms. The number of halogens is 1. The molecular formula is C18H22ClN3O2. The average Bonchev–Trinajstić information content (AvgIpc) is 2.59. The van der Waals surface area contributed by atoms with Crippen molar-refractivity contribution < 1.29 is 9.53 Å². The molecule has 0 aliphatic rings. The molecule has 0 saturated heterocycles. The normalized spacial score (nSPS) is 10.3. The number of nitrogens with two attached hydrogens (primary N) is 1. The first-order chi connectivity index (χ1) is 11.5. The molecule has 2 aromatic carbocycles. The van der Waals surface area contributed by atoms with E-state index in [2.05, 4.69) is 10.2 Å². The van der Waals surface area contributed by atoms with E-state index in [9.17, 15) is 4.79 Å². The van der Waals surface area contributed by atoms with Crippen LogP contribution in [0, 0.1) is 0 Å². The number of benzene rings is 2. The predicted octanol–water partition coefficient (Wildman–Crippen LogP) is 3.79. The third-order valence-corrected chi connectivity index (χ3v) is 3.92. The molecule has 0 aliphatic carbocycles. The van der Waals surface area contributed by atoms with E-state index in [1.807, 2.05) is 32.0 Å². The molecule has 0 radical (unpaired) electrons. The van der Waals surface area contributed by atoms with Crippen molar-refractivity contribution in [3.63, 3.8) is 0 Å². The zero-order valence-corrected chi connectivity index (χ0v) is 14.6. The smallest absolute Gasteiger partial charge is 0.262 e. The second-order valence-corrected chi connectivity index (χ2v) is 5.62. The maximum absolute atomic E-state index is 12.1. The second-order valence-electron chi connectivity index (χ2n) is 5.21. The Labute approximate surface area is 147 Å². The first-order valence-electron chi connectivity index (χ1n) is 7.86. The first-order valence-corrected chi connectivity index (χ1v) is 8.24. The number of carbonyl (C=O) groups is 1. The molecule has 0 bridgehead atoms. The number of nitrogens with zero attached hydrogens (tertiary/aromatic N) is 1. The third kappa shape index (κ3) is 4.55. The van der Waals surface area contributed by atoms with Gasteiger partial charge in [0.05, 0.1) is 22.1 Å². The zero-order valence-electron chi connectivity index (χ0n) is 13.9. The van der Waals surface area contributed by atoms with E-state index >= 15 is 0 Å². The highest BCUT2D eigenvalue weighted by atomic mass is 35.5. The van der Waals surface area contributed by atoms with Gasteiger partial charge >= 0.3 is 0 Å². The van der Waals surface area contributed by atoms with E-state index in [-0.39, 0.29) is 12.5 Å². The highest BCUT2D eigenvalue weighted by Gasteiger charge is 2.13. The summed E-state index contributed by atoms with van der Waals surface area (Å²) >= 11 is 6.20. The van der Waals surface area contributed by atoms with Gasteiger partial charge in [0.2, 0.25) is 0 Å². The molecule has 2 rings (SSSR count). The zero-order chi connectivity index (χ0) is 17.5. The Kier molecular flexibility index (Phi) is 6.32.